The highest BCUT2D eigenvalue weighted by molar-refractivity contribution is 5.88. The SMILES string of the molecule is O=C(NCC(=O)N1CCC[C@H]1C(=O)O)C1CCCCC1. The number of nitrogens with one attached hydrogen (secondary N) is 1. The van der Waals surface area contributed by atoms with Crippen LogP contribution in [0.1, 0.15) is 44.9 Å². The van der Waals surface area contributed by atoms with Crippen molar-refractivity contribution in [1.29, 1.82) is 0 Å². The molecule has 0 aromatic rings. The second-order valence-electron chi connectivity index (χ2n) is 5.64. The van der Waals surface area contributed by atoms with E-state index in [1.807, 2.05) is 0 Å². The molecule has 2 amide bonds. The molecule has 0 aromatic heterocycles. The number of carboxylic acids is 1. The van der Waals surface area contributed by atoms with Crippen LogP contribution in [0.4, 0.5) is 0 Å². The van der Waals surface area contributed by atoms with Crippen LogP contribution in [-0.4, -0.2) is 46.9 Å². The maximum atomic E-state index is 12.0. The maximum absolute atomic E-state index is 12.0. The van der Waals surface area contributed by atoms with Gasteiger partial charge in [0.1, 0.15) is 6.04 Å². The second-order valence-corrected chi connectivity index (χ2v) is 5.64. The molecule has 0 bridgehead atoms. The van der Waals surface area contributed by atoms with E-state index in [1.54, 1.807) is 0 Å². The van der Waals surface area contributed by atoms with Crippen LogP contribution in [0.5, 0.6) is 0 Å². The van der Waals surface area contributed by atoms with Crippen molar-refractivity contribution >= 4 is 17.8 Å². The highest BCUT2D eigenvalue weighted by Gasteiger charge is 2.34. The summed E-state index contributed by atoms with van der Waals surface area (Å²) in [6.45, 7) is 0.383. The monoisotopic (exact) mass is 282 g/mol. The summed E-state index contributed by atoms with van der Waals surface area (Å²) in [5.74, 6) is -1.30. The summed E-state index contributed by atoms with van der Waals surface area (Å²) < 4.78 is 0. The predicted octanol–water partition coefficient (Wildman–Crippen LogP) is 0.758. The largest absolute Gasteiger partial charge is 0.480 e. The van der Waals surface area contributed by atoms with Crippen LogP contribution in [0.25, 0.3) is 0 Å². The van der Waals surface area contributed by atoms with Crippen molar-refractivity contribution in [2.75, 3.05) is 13.1 Å². The van der Waals surface area contributed by atoms with Crippen LogP contribution in [0, 0.1) is 5.92 Å². The summed E-state index contributed by atoms with van der Waals surface area (Å²) >= 11 is 0. The summed E-state index contributed by atoms with van der Waals surface area (Å²) in [6.07, 6.45) is 6.30. The van der Waals surface area contributed by atoms with E-state index in [9.17, 15) is 14.4 Å². The number of rotatable bonds is 4. The van der Waals surface area contributed by atoms with Crippen molar-refractivity contribution in [2.45, 2.75) is 51.0 Å². The van der Waals surface area contributed by atoms with Crippen molar-refractivity contribution in [3.63, 3.8) is 0 Å². The Bertz CT molecular complexity index is 391. The number of aliphatic carboxylic acids is 1. The molecule has 112 valence electrons. The summed E-state index contributed by atoms with van der Waals surface area (Å²) in [6, 6.07) is -0.728. The molecule has 6 heteroatoms. The molecule has 1 heterocycles. The van der Waals surface area contributed by atoms with Crippen molar-refractivity contribution < 1.29 is 19.5 Å². The first-order chi connectivity index (χ1) is 9.59. The Morgan fingerprint density at radius 2 is 1.75 bits per heavy atom. The van der Waals surface area contributed by atoms with Crippen LogP contribution in [0.15, 0.2) is 0 Å². The molecule has 20 heavy (non-hydrogen) atoms. The van der Waals surface area contributed by atoms with Crippen LogP contribution < -0.4 is 5.32 Å². The van der Waals surface area contributed by atoms with Crippen molar-refractivity contribution in [3.8, 4) is 0 Å². The van der Waals surface area contributed by atoms with Gasteiger partial charge in [0.2, 0.25) is 11.8 Å². The molecule has 0 unspecified atom stereocenters. The van der Waals surface area contributed by atoms with E-state index in [2.05, 4.69) is 5.32 Å². The number of nitrogens with zero attached hydrogens (tertiary/aromatic N) is 1. The molecule has 0 spiro atoms. The second kappa shape index (κ2) is 6.72. The quantitative estimate of drug-likeness (QED) is 0.797. The first kappa shape index (κ1) is 14.8. The standard InChI is InChI=1S/C14H22N2O4/c17-12(16-8-4-7-11(16)14(19)20)9-15-13(18)10-5-2-1-3-6-10/h10-11H,1-9H2,(H,15,18)(H,19,20)/t11-/m0/s1. The molecule has 1 aliphatic carbocycles. The number of carbonyl (C=O) groups excluding carboxylic acids is 2. The molecular formula is C14H22N2O4. The average molecular weight is 282 g/mol. The molecule has 0 radical (unpaired) electrons. The normalized spacial score (nSPS) is 23.6. The third-order valence-corrected chi connectivity index (χ3v) is 4.25. The molecule has 2 aliphatic rings. The fourth-order valence-electron chi connectivity index (χ4n) is 3.10. The van der Waals surface area contributed by atoms with Crippen LogP contribution in [0.2, 0.25) is 0 Å². The molecule has 1 saturated carbocycles. The van der Waals surface area contributed by atoms with E-state index in [0.29, 0.717) is 19.4 Å². The van der Waals surface area contributed by atoms with Gasteiger partial charge in [0.05, 0.1) is 6.54 Å². The number of amides is 2. The molecule has 6 nitrogen and oxygen atoms in total. The number of hydrogen-bond acceptors (Lipinski definition) is 3. The van der Waals surface area contributed by atoms with Gasteiger partial charge in [0, 0.05) is 12.5 Å². The van der Waals surface area contributed by atoms with Crippen molar-refractivity contribution in [2.24, 2.45) is 5.92 Å². The van der Waals surface area contributed by atoms with Crippen LogP contribution >= 0.6 is 0 Å². The summed E-state index contributed by atoms with van der Waals surface area (Å²) in [5, 5.41) is 11.7. The Morgan fingerprint density at radius 3 is 2.40 bits per heavy atom. The molecule has 1 saturated heterocycles. The van der Waals surface area contributed by atoms with Gasteiger partial charge in [0.15, 0.2) is 0 Å². The molecule has 0 aromatic carbocycles. The van der Waals surface area contributed by atoms with Gasteiger partial charge in [-0.2, -0.15) is 0 Å². The fourth-order valence-corrected chi connectivity index (χ4v) is 3.10. The Hall–Kier alpha value is -1.59. The Morgan fingerprint density at radius 1 is 1.05 bits per heavy atom. The lowest BCUT2D eigenvalue weighted by Crippen LogP contribution is -2.46. The summed E-state index contributed by atoms with van der Waals surface area (Å²) in [4.78, 5) is 36.3. The van der Waals surface area contributed by atoms with Gasteiger partial charge in [-0.3, -0.25) is 9.59 Å². The first-order valence-electron chi connectivity index (χ1n) is 7.39. The lowest BCUT2D eigenvalue weighted by Gasteiger charge is -2.23. The minimum Gasteiger partial charge on any atom is -0.480 e. The van der Waals surface area contributed by atoms with E-state index in [0.717, 1.165) is 25.7 Å². The number of carboxylic acid groups (broad SMARTS) is 1. The van der Waals surface area contributed by atoms with Gasteiger partial charge in [-0.15, -0.1) is 0 Å². The predicted molar refractivity (Wildman–Crippen MR) is 72.0 cm³/mol. The fraction of sp³-hybridized carbons (Fsp3) is 0.786. The third kappa shape index (κ3) is 3.49. The van der Waals surface area contributed by atoms with E-state index in [1.165, 1.54) is 11.3 Å². The van der Waals surface area contributed by atoms with Gasteiger partial charge in [-0.25, -0.2) is 4.79 Å². The zero-order valence-corrected chi connectivity index (χ0v) is 11.6. The first-order valence-corrected chi connectivity index (χ1v) is 7.39. The number of hydrogen-bond donors (Lipinski definition) is 2. The molecule has 2 rings (SSSR count). The zero-order chi connectivity index (χ0) is 14.5. The van der Waals surface area contributed by atoms with Crippen molar-refractivity contribution in [3.05, 3.63) is 0 Å². The van der Waals surface area contributed by atoms with E-state index >= 15 is 0 Å². The lowest BCUT2D eigenvalue weighted by atomic mass is 9.89. The van der Waals surface area contributed by atoms with Gasteiger partial charge in [-0.1, -0.05) is 19.3 Å². The summed E-state index contributed by atoms with van der Waals surface area (Å²) in [7, 11) is 0. The minimum absolute atomic E-state index is 0.0189. The van der Waals surface area contributed by atoms with E-state index < -0.39 is 12.0 Å². The average Bonchev–Trinajstić information content (AvgIpc) is 2.95. The Labute approximate surface area is 118 Å². The summed E-state index contributed by atoms with van der Waals surface area (Å²) in [5.41, 5.74) is 0. The van der Waals surface area contributed by atoms with Gasteiger partial charge >= 0.3 is 5.97 Å². The smallest absolute Gasteiger partial charge is 0.326 e. The number of likely N-dealkylation sites (tertiary alicyclic amines) is 1. The van der Waals surface area contributed by atoms with Crippen molar-refractivity contribution in [1.82, 2.24) is 10.2 Å². The zero-order valence-electron chi connectivity index (χ0n) is 11.6. The molecule has 1 atom stereocenters. The molecular weight excluding hydrogens is 260 g/mol. The van der Waals surface area contributed by atoms with Gasteiger partial charge < -0.3 is 15.3 Å². The topological polar surface area (TPSA) is 86.7 Å². The third-order valence-electron chi connectivity index (χ3n) is 4.25. The van der Waals surface area contributed by atoms with E-state index in [-0.39, 0.29) is 24.3 Å². The highest BCUT2D eigenvalue weighted by atomic mass is 16.4. The lowest BCUT2D eigenvalue weighted by molar-refractivity contribution is -0.148. The van der Waals surface area contributed by atoms with E-state index in [4.69, 9.17) is 5.11 Å². The molecule has 1 aliphatic heterocycles. The van der Waals surface area contributed by atoms with Crippen LogP contribution in [0.3, 0.4) is 0 Å². The molecule has 2 fully saturated rings. The van der Waals surface area contributed by atoms with Gasteiger partial charge in [-0.05, 0) is 25.7 Å². The van der Waals surface area contributed by atoms with Gasteiger partial charge in [0.25, 0.3) is 0 Å². The highest BCUT2D eigenvalue weighted by Crippen LogP contribution is 2.23. The Balaban J connectivity index is 1.79. The number of carbonyl (C=O) groups is 3. The Kier molecular flexibility index (Phi) is 4.98. The van der Waals surface area contributed by atoms with Crippen LogP contribution in [-0.2, 0) is 14.4 Å². The minimum atomic E-state index is -0.963. The maximum Gasteiger partial charge on any atom is 0.326 e. The molecule has 2 N–H and O–H groups in total.